The number of rotatable bonds is 3. The van der Waals surface area contributed by atoms with Crippen LogP contribution in [0.3, 0.4) is 0 Å². The molecule has 0 heteroatoms. The third-order valence-corrected chi connectivity index (χ3v) is 9.96. The molecule has 0 heterocycles. The number of benzene rings is 7. The molecule has 2 aliphatic rings. The van der Waals surface area contributed by atoms with E-state index in [1.807, 2.05) is 0 Å². The fraction of sp³-hybridized carbons (Fsp3) is 0.0638. The predicted octanol–water partition coefficient (Wildman–Crippen LogP) is 13.0. The van der Waals surface area contributed by atoms with Gasteiger partial charge in [0.25, 0.3) is 0 Å². The van der Waals surface area contributed by atoms with Gasteiger partial charge in [-0.15, -0.1) is 0 Å². The van der Waals surface area contributed by atoms with Gasteiger partial charge in [0.05, 0.1) is 0 Å². The fourth-order valence-corrected chi connectivity index (χ4v) is 7.56. The summed E-state index contributed by atoms with van der Waals surface area (Å²) in [6.07, 6.45) is 19.9. The SMILES string of the molecule is Cc1ccc(-c2ccc3c(c2)c2ccc4c(c2c2cc(-c5cccc(-c6cccc7c6C=CC=CC7)c5)ccc32)C=CCC=C4)cc1. The van der Waals surface area contributed by atoms with E-state index in [0.717, 1.165) is 12.8 Å². The van der Waals surface area contributed by atoms with E-state index < -0.39 is 0 Å². The number of fused-ring (bicyclic) bond motifs is 9. The average Bonchev–Trinajstić information content (AvgIpc) is 3.52. The van der Waals surface area contributed by atoms with Crippen LogP contribution in [-0.2, 0) is 6.42 Å². The van der Waals surface area contributed by atoms with Gasteiger partial charge in [-0.05, 0) is 126 Å². The molecule has 9 rings (SSSR count). The van der Waals surface area contributed by atoms with E-state index in [0.29, 0.717) is 0 Å². The topological polar surface area (TPSA) is 0 Å². The maximum atomic E-state index is 2.43. The molecule has 0 nitrogen and oxygen atoms in total. The number of aryl methyl sites for hydroxylation is 1. The molecule has 222 valence electrons. The molecule has 0 aliphatic heterocycles. The van der Waals surface area contributed by atoms with E-state index in [2.05, 4.69) is 171 Å². The molecule has 0 amide bonds. The maximum absolute atomic E-state index is 2.43. The lowest BCUT2D eigenvalue weighted by atomic mass is 9.86. The molecule has 0 fully saturated rings. The summed E-state index contributed by atoms with van der Waals surface area (Å²) < 4.78 is 0. The van der Waals surface area contributed by atoms with Crippen molar-refractivity contribution in [2.24, 2.45) is 0 Å². The summed E-state index contributed by atoms with van der Waals surface area (Å²) in [6.45, 7) is 2.15. The largest absolute Gasteiger partial charge is 0.0801 e. The first-order valence-electron chi connectivity index (χ1n) is 16.6. The molecule has 7 aromatic rings. The molecule has 0 N–H and O–H groups in total. The molecular formula is C47H34. The Hall–Kier alpha value is -5.72. The Balaban J connectivity index is 1.28. The number of allylic oxidation sites excluding steroid dienone is 5. The summed E-state index contributed by atoms with van der Waals surface area (Å²) in [5.41, 5.74) is 14.1. The highest BCUT2D eigenvalue weighted by atomic mass is 14.2. The van der Waals surface area contributed by atoms with Gasteiger partial charge in [0.15, 0.2) is 0 Å². The normalized spacial score (nSPS) is 13.6. The van der Waals surface area contributed by atoms with Crippen molar-refractivity contribution in [3.63, 3.8) is 0 Å². The number of hydrogen-bond acceptors (Lipinski definition) is 0. The van der Waals surface area contributed by atoms with Crippen LogP contribution in [0.15, 0.2) is 146 Å². The lowest BCUT2D eigenvalue weighted by molar-refractivity contribution is 1.27. The van der Waals surface area contributed by atoms with Crippen LogP contribution >= 0.6 is 0 Å². The predicted molar refractivity (Wildman–Crippen MR) is 205 cm³/mol. The summed E-state index contributed by atoms with van der Waals surface area (Å²) >= 11 is 0. The summed E-state index contributed by atoms with van der Waals surface area (Å²) in [5, 5.41) is 7.83. The zero-order valence-corrected chi connectivity index (χ0v) is 26.5. The van der Waals surface area contributed by atoms with Gasteiger partial charge in [0, 0.05) is 0 Å². The van der Waals surface area contributed by atoms with Gasteiger partial charge in [-0.2, -0.15) is 0 Å². The minimum Gasteiger partial charge on any atom is -0.0801 e. The molecule has 0 aromatic heterocycles. The van der Waals surface area contributed by atoms with Gasteiger partial charge in [-0.25, -0.2) is 0 Å². The fourth-order valence-electron chi connectivity index (χ4n) is 7.56. The monoisotopic (exact) mass is 598 g/mol. The van der Waals surface area contributed by atoms with Crippen molar-refractivity contribution in [3.8, 4) is 33.4 Å². The standard InChI is InChI=1S/C47H34/c1-31-18-20-32(21-19-31)36-23-25-42-43-26-24-37(30-46(43)47-41-16-7-3-5-11-34(41)22-27-44(47)45(42)29-36)35-13-8-14-38(28-35)40-17-9-12-33-10-4-2-6-15-39(33)40/h2,4-9,11-30H,3,10H2,1H3. The second-order valence-electron chi connectivity index (χ2n) is 12.9. The molecule has 0 saturated carbocycles. The van der Waals surface area contributed by atoms with Gasteiger partial charge in [0.1, 0.15) is 0 Å². The molecule has 47 heavy (non-hydrogen) atoms. The summed E-state index contributed by atoms with van der Waals surface area (Å²) in [4.78, 5) is 0. The van der Waals surface area contributed by atoms with Gasteiger partial charge >= 0.3 is 0 Å². The second kappa shape index (κ2) is 11.3. The molecule has 0 unspecified atom stereocenters. The Labute approximate surface area is 276 Å². The van der Waals surface area contributed by atoms with Crippen LogP contribution in [0, 0.1) is 6.92 Å². The molecule has 0 saturated heterocycles. The second-order valence-corrected chi connectivity index (χ2v) is 12.9. The average molecular weight is 599 g/mol. The van der Waals surface area contributed by atoms with Crippen LogP contribution in [0.25, 0.3) is 83.9 Å². The molecular weight excluding hydrogens is 565 g/mol. The lowest BCUT2D eigenvalue weighted by Crippen LogP contribution is -1.92. The van der Waals surface area contributed by atoms with Crippen molar-refractivity contribution < 1.29 is 0 Å². The van der Waals surface area contributed by atoms with Crippen molar-refractivity contribution in [2.75, 3.05) is 0 Å². The van der Waals surface area contributed by atoms with Crippen molar-refractivity contribution >= 4 is 50.5 Å². The quantitative estimate of drug-likeness (QED) is 0.178. The molecule has 7 aromatic carbocycles. The Morgan fingerprint density at radius 3 is 2.04 bits per heavy atom. The zero-order valence-electron chi connectivity index (χ0n) is 26.5. The Morgan fingerprint density at radius 2 is 1.15 bits per heavy atom. The van der Waals surface area contributed by atoms with E-state index in [1.54, 1.807) is 0 Å². The number of hydrogen-bond donors (Lipinski definition) is 0. The first-order chi connectivity index (χ1) is 23.2. The molecule has 0 spiro atoms. The molecule has 0 atom stereocenters. The maximum Gasteiger partial charge on any atom is -0.00202 e. The highest BCUT2D eigenvalue weighted by Gasteiger charge is 2.16. The third-order valence-electron chi connectivity index (χ3n) is 9.96. The minimum absolute atomic E-state index is 0.950. The molecule has 2 aliphatic carbocycles. The van der Waals surface area contributed by atoms with Crippen LogP contribution in [0.1, 0.15) is 34.2 Å². The molecule has 0 bridgehead atoms. The highest BCUT2D eigenvalue weighted by Crippen LogP contribution is 2.42. The van der Waals surface area contributed by atoms with E-state index >= 15 is 0 Å². The van der Waals surface area contributed by atoms with Crippen LogP contribution in [0.2, 0.25) is 0 Å². The Kier molecular flexibility index (Phi) is 6.61. The minimum atomic E-state index is 0.950. The Bertz CT molecular complexity index is 2500. The van der Waals surface area contributed by atoms with Crippen LogP contribution in [-0.4, -0.2) is 0 Å². The summed E-state index contributed by atoms with van der Waals surface area (Å²) in [6, 6.07) is 43.4. The summed E-state index contributed by atoms with van der Waals surface area (Å²) in [5.74, 6) is 0. The van der Waals surface area contributed by atoms with Gasteiger partial charge in [0.2, 0.25) is 0 Å². The lowest BCUT2D eigenvalue weighted by Gasteiger charge is -2.17. The van der Waals surface area contributed by atoms with Gasteiger partial charge < -0.3 is 0 Å². The Morgan fingerprint density at radius 1 is 0.447 bits per heavy atom. The van der Waals surface area contributed by atoms with Crippen molar-refractivity contribution in [1.29, 1.82) is 0 Å². The third kappa shape index (κ3) is 4.77. The highest BCUT2D eigenvalue weighted by molar-refractivity contribution is 6.28. The van der Waals surface area contributed by atoms with Crippen molar-refractivity contribution in [3.05, 3.63) is 173 Å². The van der Waals surface area contributed by atoms with Crippen molar-refractivity contribution in [2.45, 2.75) is 19.8 Å². The van der Waals surface area contributed by atoms with Crippen LogP contribution < -0.4 is 0 Å². The first-order valence-corrected chi connectivity index (χ1v) is 16.6. The smallest absolute Gasteiger partial charge is 0.00202 e. The summed E-state index contributed by atoms with van der Waals surface area (Å²) in [7, 11) is 0. The van der Waals surface area contributed by atoms with Crippen molar-refractivity contribution in [1.82, 2.24) is 0 Å². The zero-order chi connectivity index (χ0) is 31.3. The van der Waals surface area contributed by atoms with Gasteiger partial charge in [-0.1, -0.05) is 151 Å². The molecule has 0 radical (unpaired) electrons. The van der Waals surface area contributed by atoms with E-state index in [1.165, 1.54) is 93.5 Å². The van der Waals surface area contributed by atoms with Crippen LogP contribution in [0.4, 0.5) is 0 Å². The van der Waals surface area contributed by atoms with E-state index in [-0.39, 0.29) is 0 Å². The van der Waals surface area contributed by atoms with Gasteiger partial charge in [-0.3, -0.25) is 0 Å². The first kappa shape index (κ1) is 27.6. The van der Waals surface area contributed by atoms with Crippen LogP contribution in [0.5, 0.6) is 0 Å². The van der Waals surface area contributed by atoms with E-state index in [4.69, 9.17) is 0 Å². The van der Waals surface area contributed by atoms with E-state index in [9.17, 15) is 0 Å².